The largest absolute Gasteiger partial charge is 0.466 e. The van der Waals surface area contributed by atoms with Crippen molar-refractivity contribution in [1.82, 2.24) is 10.2 Å². The van der Waals surface area contributed by atoms with Gasteiger partial charge in [0, 0.05) is 13.1 Å². The lowest BCUT2D eigenvalue weighted by molar-refractivity contribution is -0.152. The molecule has 0 aromatic heterocycles. The molecule has 2 heterocycles. The summed E-state index contributed by atoms with van der Waals surface area (Å²) in [5, 5.41) is 3.27. The molecule has 0 aromatic carbocycles. The van der Waals surface area contributed by atoms with E-state index in [1.54, 1.807) is 4.90 Å². The van der Waals surface area contributed by atoms with Gasteiger partial charge in [-0.25, -0.2) is 0 Å². The summed E-state index contributed by atoms with van der Waals surface area (Å²) in [7, 11) is 0. The van der Waals surface area contributed by atoms with Crippen molar-refractivity contribution in [2.45, 2.75) is 38.7 Å². The monoisotopic (exact) mass is 298 g/mol. The van der Waals surface area contributed by atoms with Crippen molar-refractivity contribution >= 4 is 11.9 Å². The summed E-state index contributed by atoms with van der Waals surface area (Å²) < 4.78 is 10.7. The number of carbonyl (C=O) groups is 2. The fourth-order valence-electron chi connectivity index (χ4n) is 2.87. The minimum atomic E-state index is -0.129. The van der Waals surface area contributed by atoms with E-state index in [-0.39, 0.29) is 30.5 Å². The van der Waals surface area contributed by atoms with E-state index in [0.29, 0.717) is 32.5 Å². The number of likely N-dealkylation sites (tertiary alicyclic amines) is 1. The number of carbonyl (C=O) groups excluding carboxylic acids is 2. The van der Waals surface area contributed by atoms with Gasteiger partial charge in [-0.1, -0.05) is 0 Å². The van der Waals surface area contributed by atoms with Crippen LogP contribution in [0.2, 0.25) is 0 Å². The Morgan fingerprint density at radius 2 is 1.81 bits per heavy atom. The summed E-state index contributed by atoms with van der Waals surface area (Å²) >= 11 is 0. The molecule has 2 fully saturated rings. The van der Waals surface area contributed by atoms with E-state index in [2.05, 4.69) is 5.32 Å². The van der Waals surface area contributed by atoms with Crippen LogP contribution in [0.15, 0.2) is 0 Å². The van der Waals surface area contributed by atoms with Crippen LogP contribution in [0.3, 0.4) is 0 Å². The molecule has 6 nitrogen and oxygen atoms in total. The van der Waals surface area contributed by atoms with Crippen molar-refractivity contribution < 1.29 is 19.1 Å². The summed E-state index contributed by atoms with van der Waals surface area (Å²) in [4.78, 5) is 25.6. The molecule has 21 heavy (non-hydrogen) atoms. The lowest BCUT2D eigenvalue weighted by Crippen LogP contribution is -2.43. The van der Waals surface area contributed by atoms with E-state index >= 15 is 0 Å². The average Bonchev–Trinajstić information content (AvgIpc) is 2.54. The Morgan fingerprint density at radius 3 is 2.43 bits per heavy atom. The number of hydrogen-bond acceptors (Lipinski definition) is 5. The number of piperidine rings is 2. The highest BCUT2D eigenvalue weighted by Crippen LogP contribution is 2.19. The van der Waals surface area contributed by atoms with Crippen LogP contribution in [-0.2, 0) is 19.1 Å². The summed E-state index contributed by atoms with van der Waals surface area (Å²) in [6.45, 7) is 5.56. The molecule has 1 amide bonds. The van der Waals surface area contributed by atoms with Gasteiger partial charge in [-0.2, -0.15) is 0 Å². The Labute approximate surface area is 126 Å². The molecule has 2 rings (SSSR count). The van der Waals surface area contributed by atoms with Gasteiger partial charge in [0.1, 0.15) is 6.61 Å². The zero-order chi connectivity index (χ0) is 15.1. The van der Waals surface area contributed by atoms with Gasteiger partial charge in [-0.15, -0.1) is 0 Å². The summed E-state index contributed by atoms with van der Waals surface area (Å²) in [6.07, 6.45) is 3.53. The number of rotatable bonds is 5. The summed E-state index contributed by atoms with van der Waals surface area (Å²) in [5.74, 6) is -0.147. The molecule has 120 valence electrons. The molecule has 0 atom stereocenters. The molecule has 0 aliphatic carbocycles. The van der Waals surface area contributed by atoms with Crippen LogP contribution >= 0.6 is 0 Å². The molecule has 0 saturated carbocycles. The topological polar surface area (TPSA) is 67.9 Å². The van der Waals surface area contributed by atoms with Crippen LogP contribution in [0.25, 0.3) is 0 Å². The number of nitrogens with one attached hydrogen (secondary N) is 1. The minimum absolute atomic E-state index is 0.0378. The highest BCUT2D eigenvalue weighted by atomic mass is 16.5. The molecule has 1 N–H and O–H groups in total. The molecule has 0 unspecified atom stereocenters. The Balaban J connectivity index is 1.66. The van der Waals surface area contributed by atoms with Gasteiger partial charge >= 0.3 is 5.97 Å². The third-order valence-electron chi connectivity index (χ3n) is 4.20. The predicted octanol–water partition coefficient (Wildman–Crippen LogP) is 0.557. The Kier molecular flexibility index (Phi) is 6.45. The number of esters is 1. The quantitative estimate of drug-likeness (QED) is 0.751. The average molecular weight is 298 g/mol. The third kappa shape index (κ3) is 4.97. The second-order valence-electron chi connectivity index (χ2n) is 5.67. The fourth-order valence-corrected chi connectivity index (χ4v) is 2.87. The van der Waals surface area contributed by atoms with Crippen LogP contribution in [0.4, 0.5) is 0 Å². The number of nitrogens with zero attached hydrogens (tertiary/aromatic N) is 1. The Hall–Kier alpha value is -1.14. The fraction of sp³-hybridized carbons (Fsp3) is 0.867. The summed E-state index contributed by atoms with van der Waals surface area (Å²) in [6, 6.07) is 0. The van der Waals surface area contributed by atoms with Gasteiger partial charge in [0.2, 0.25) is 5.91 Å². The molecule has 2 saturated heterocycles. The normalized spacial score (nSPS) is 21.3. The van der Waals surface area contributed by atoms with Crippen molar-refractivity contribution in [1.29, 1.82) is 0 Å². The minimum Gasteiger partial charge on any atom is -0.466 e. The Morgan fingerprint density at radius 1 is 1.14 bits per heavy atom. The molecule has 0 radical (unpaired) electrons. The van der Waals surface area contributed by atoms with Crippen molar-refractivity contribution in [3.63, 3.8) is 0 Å². The van der Waals surface area contributed by atoms with E-state index in [0.717, 1.165) is 25.9 Å². The third-order valence-corrected chi connectivity index (χ3v) is 4.20. The SMILES string of the molecule is CCOC(=O)C1CCN(C(=O)COC2CCNCC2)CC1. The van der Waals surface area contributed by atoms with E-state index < -0.39 is 0 Å². The number of hydrogen-bond donors (Lipinski definition) is 1. The molecule has 2 aliphatic rings. The van der Waals surface area contributed by atoms with Gasteiger partial charge in [-0.3, -0.25) is 9.59 Å². The van der Waals surface area contributed by atoms with Crippen LogP contribution < -0.4 is 5.32 Å². The van der Waals surface area contributed by atoms with E-state index in [1.165, 1.54) is 0 Å². The maximum atomic E-state index is 12.1. The molecular formula is C15H26N2O4. The highest BCUT2D eigenvalue weighted by molar-refractivity contribution is 5.78. The molecule has 0 bridgehead atoms. The van der Waals surface area contributed by atoms with Crippen molar-refractivity contribution in [2.24, 2.45) is 5.92 Å². The first-order valence-electron chi connectivity index (χ1n) is 7.97. The predicted molar refractivity (Wildman–Crippen MR) is 77.8 cm³/mol. The van der Waals surface area contributed by atoms with Crippen LogP contribution in [-0.4, -0.2) is 62.3 Å². The molecular weight excluding hydrogens is 272 g/mol. The van der Waals surface area contributed by atoms with Crippen molar-refractivity contribution in [3.8, 4) is 0 Å². The van der Waals surface area contributed by atoms with Crippen molar-refractivity contribution in [3.05, 3.63) is 0 Å². The first-order valence-corrected chi connectivity index (χ1v) is 7.97. The first kappa shape index (κ1) is 16.2. The number of ether oxygens (including phenoxy) is 2. The number of amides is 1. The Bertz CT molecular complexity index is 348. The van der Waals surface area contributed by atoms with Crippen molar-refractivity contribution in [2.75, 3.05) is 39.4 Å². The van der Waals surface area contributed by atoms with Gasteiger partial charge in [-0.05, 0) is 45.7 Å². The lowest BCUT2D eigenvalue weighted by Gasteiger charge is -2.31. The van der Waals surface area contributed by atoms with Gasteiger partial charge in [0.25, 0.3) is 0 Å². The maximum absolute atomic E-state index is 12.1. The zero-order valence-electron chi connectivity index (χ0n) is 12.8. The maximum Gasteiger partial charge on any atom is 0.309 e. The zero-order valence-corrected chi connectivity index (χ0v) is 12.8. The van der Waals surface area contributed by atoms with Crippen LogP contribution in [0.1, 0.15) is 32.6 Å². The molecule has 0 aromatic rings. The summed E-state index contributed by atoms with van der Waals surface area (Å²) in [5.41, 5.74) is 0. The highest BCUT2D eigenvalue weighted by Gasteiger charge is 2.28. The lowest BCUT2D eigenvalue weighted by atomic mass is 9.97. The van der Waals surface area contributed by atoms with E-state index in [9.17, 15) is 9.59 Å². The smallest absolute Gasteiger partial charge is 0.309 e. The van der Waals surface area contributed by atoms with E-state index in [1.807, 2.05) is 6.92 Å². The van der Waals surface area contributed by atoms with Crippen LogP contribution in [0.5, 0.6) is 0 Å². The van der Waals surface area contributed by atoms with Crippen LogP contribution in [0, 0.1) is 5.92 Å². The van der Waals surface area contributed by atoms with Gasteiger partial charge < -0.3 is 19.7 Å². The first-order chi connectivity index (χ1) is 10.2. The van der Waals surface area contributed by atoms with E-state index in [4.69, 9.17) is 9.47 Å². The molecule has 0 spiro atoms. The van der Waals surface area contributed by atoms with Gasteiger partial charge in [0.05, 0.1) is 18.6 Å². The standard InChI is InChI=1S/C15H26N2O4/c1-2-20-15(19)12-5-9-17(10-6-12)14(18)11-21-13-3-7-16-8-4-13/h12-13,16H,2-11H2,1H3. The molecule has 6 heteroatoms. The van der Waals surface area contributed by atoms with Gasteiger partial charge in [0.15, 0.2) is 0 Å². The molecule has 2 aliphatic heterocycles. The second kappa shape index (κ2) is 8.34. The second-order valence-corrected chi connectivity index (χ2v) is 5.67.